The topological polar surface area (TPSA) is 58.9 Å². The lowest BCUT2D eigenvalue weighted by molar-refractivity contribution is -0.272. The number of hydrogen-bond donors (Lipinski definition) is 2. The van der Waals surface area contributed by atoms with Crippen molar-refractivity contribution in [1.82, 2.24) is 0 Å². The summed E-state index contributed by atoms with van der Waals surface area (Å²) in [7, 11) is 1.69. The standard InChI is InChI=1S/C35H56O4/c1-23(2)8-7-9-24(3)29-14-15-30-34(29,5)19-17-31-33(4)18-16-28(20-26(33)21-32(36)35(30,31)37)39-22-25-10-12-27(38-6)13-11-25/h10-13,23-24,26,28-32,36-37H,7-9,14-22H2,1-6H3/t24-,26-,28-,29-,30-,31-,32-,33+,34-,35-/m1/s1. The number of hydrogen-bond acceptors (Lipinski definition) is 4. The summed E-state index contributed by atoms with van der Waals surface area (Å²) in [6, 6.07) is 8.14. The van der Waals surface area contributed by atoms with Crippen LogP contribution in [0.2, 0.25) is 0 Å². The highest BCUT2D eigenvalue weighted by atomic mass is 16.5. The van der Waals surface area contributed by atoms with Crippen LogP contribution in [-0.2, 0) is 11.3 Å². The first kappa shape index (κ1) is 29.4. The van der Waals surface area contributed by atoms with Gasteiger partial charge in [-0.3, -0.25) is 0 Å². The summed E-state index contributed by atoms with van der Waals surface area (Å²) in [5.41, 5.74) is 0.450. The molecule has 1 aromatic carbocycles. The molecule has 0 amide bonds. The van der Waals surface area contributed by atoms with Gasteiger partial charge in [0.1, 0.15) is 5.75 Å². The summed E-state index contributed by atoms with van der Waals surface area (Å²) in [5, 5.41) is 24.4. The van der Waals surface area contributed by atoms with Gasteiger partial charge >= 0.3 is 0 Å². The van der Waals surface area contributed by atoms with Gasteiger partial charge in [0, 0.05) is 0 Å². The maximum atomic E-state index is 12.6. The Morgan fingerprint density at radius 1 is 0.897 bits per heavy atom. The molecule has 0 heterocycles. The van der Waals surface area contributed by atoms with E-state index in [1.54, 1.807) is 7.11 Å². The first-order valence-electron chi connectivity index (χ1n) is 16.2. The van der Waals surface area contributed by atoms with Gasteiger partial charge in [-0.1, -0.05) is 66.0 Å². The number of aliphatic hydroxyl groups is 2. The molecule has 4 aliphatic rings. The van der Waals surface area contributed by atoms with Crippen LogP contribution in [0.15, 0.2) is 24.3 Å². The first-order valence-corrected chi connectivity index (χ1v) is 16.2. The van der Waals surface area contributed by atoms with Gasteiger partial charge in [0.2, 0.25) is 0 Å². The van der Waals surface area contributed by atoms with Crippen LogP contribution >= 0.6 is 0 Å². The second-order valence-corrected chi connectivity index (χ2v) is 15.0. The van der Waals surface area contributed by atoms with E-state index in [4.69, 9.17) is 9.47 Å². The van der Waals surface area contributed by atoms with E-state index >= 15 is 0 Å². The zero-order valence-corrected chi connectivity index (χ0v) is 25.6. The normalized spacial score (nSPS) is 42.5. The Morgan fingerprint density at radius 2 is 1.59 bits per heavy atom. The molecule has 0 unspecified atom stereocenters. The number of rotatable bonds is 9. The minimum atomic E-state index is -0.943. The molecule has 0 radical (unpaired) electrons. The minimum absolute atomic E-state index is 0.0796. The van der Waals surface area contributed by atoms with Crippen LogP contribution in [0.5, 0.6) is 5.75 Å². The van der Waals surface area contributed by atoms with Gasteiger partial charge in [0.15, 0.2) is 0 Å². The number of aliphatic hydroxyl groups excluding tert-OH is 1. The molecule has 0 spiro atoms. The monoisotopic (exact) mass is 540 g/mol. The Labute approximate surface area is 238 Å². The summed E-state index contributed by atoms with van der Waals surface area (Å²) < 4.78 is 11.7. The molecule has 0 aliphatic heterocycles. The van der Waals surface area contributed by atoms with Crippen LogP contribution in [0.1, 0.15) is 111 Å². The Hall–Kier alpha value is -1.10. The average molecular weight is 541 g/mol. The zero-order chi connectivity index (χ0) is 28.0. The van der Waals surface area contributed by atoms with Crippen molar-refractivity contribution >= 4 is 0 Å². The fraction of sp³-hybridized carbons (Fsp3) is 0.829. The van der Waals surface area contributed by atoms with Gasteiger partial charge in [0.25, 0.3) is 0 Å². The smallest absolute Gasteiger partial charge is 0.118 e. The van der Waals surface area contributed by atoms with Crippen LogP contribution in [-0.4, -0.2) is 35.1 Å². The summed E-state index contributed by atoms with van der Waals surface area (Å²) in [6.07, 6.45) is 11.9. The Balaban J connectivity index is 1.26. The summed E-state index contributed by atoms with van der Waals surface area (Å²) in [5.74, 6) is 3.82. The third-order valence-corrected chi connectivity index (χ3v) is 12.6. The van der Waals surface area contributed by atoms with Crippen molar-refractivity contribution in [2.75, 3.05) is 7.11 Å². The number of benzene rings is 1. The van der Waals surface area contributed by atoms with Gasteiger partial charge in [-0.2, -0.15) is 0 Å². The Morgan fingerprint density at radius 3 is 2.28 bits per heavy atom. The van der Waals surface area contributed by atoms with Crippen LogP contribution in [0.4, 0.5) is 0 Å². The maximum Gasteiger partial charge on any atom is 0.118 e. The van der Waals surface area contributed by atoms with Gasteiger partial charge in [-0.15, -0.1) is 0 Å². The molecule has 0 bridgehead atoms. The molecular formula is C35H56O4. The summed E-state index contributed by atoms with van der Waals surface area (Å²) >= 11 is 0. The van der Waals surface area contributed by atoms with E-state index in [0.29, 0.717) is 30.8 Å². The molecule has 4 aliphatic carbocycles. The largest absolute Gasteiger partial charge is 0.497 e. The minimum Gasteiger partial charge on any atom is -0.497 e. The SMILES string of the molecule is COc1ccc(CO[C@@H]2CC[C@@]3(C)[C@H](C2)C[C@@H](O)[C@]2(O)[C@@H]3CC[C@]3(C)[C@@H]([C@H](C)CCCC(C)C)CC[C@H]32)cc1. The summed E-state index contributed by atoms with van der Waals surface area (Å²) in [6.45, 7) is 12.7. The van der Waals surface area contributed by atoms with Crippen molar-refractivity contribution in [2.24, 2.45) is 46.3 Å². The molecule has 220 valence electrons. The van der Waals surface area contributed by atoms with Crippen LogP contribution in [0.3, 0.4) is 0 Å². The van der Waals surface area contributed by atoms with Crippen molar-refractivity contribution in [3.63, 3.8) is 0 Å². The van der Waals surface area contributed by atoms with Gasteiger partial charge in [-0.25, -0.2) is 0 Å². The molecule has 4 heteroatoms. The predicted molar refractivity (Wildman–Crippen MR) is 157 cm³/mol. The molecule has 39 heavy (non-hydrogen) atoms. The highest BCUT2D eigenvalue weighted by molar-refractivity contribution is 5.26. The van der Waals surface area contributed by atoms with Crippen LogP contribution < -0.4 is 4.74 Å². The van der Waals surface area contributed by atoms with E-state index in [0.717, 1.165) is 43.8 Å². The molecular weight excluding hydrogens is 484 g/mol. The molecule has 1 aromatic rings. The average Bonchev–Trinajstić information content (AvgIpc) is 3.27. The highest BCUT2D eigenvalue weighted by Gasteiger charge is 2.69. The maximum absolute atomic E-state index is 12.6. The lowest BCUT2D eigenvalue weighted by Gasteiger charge is -2.66. The second kappa shape index (κ2) is 11.3. The molecule has 4 fully saturated rings. The van der Waals surface area contributed by atoms with Gasteiger partial charge < -0.3 is 19.7 Å². The predicted octanol–water partition coefficient (Wildman–Crippen LogP) is 7.79. The van der Waals surface area contributed by atoms with Gasteiger partial charge in [-0.05, 0) is 115 Å². The lowest BCUT2D eigenvalue weighted by Crippen LogP contribution is -2.69. The number of ether oxygens (including phenoxy) is 2. The molecule has 4 nitrogen and oxygen atoms in total. The van der Waals surface area contributed by atoms with Crippen molar-refractivity contribution in [1.29, 1.82) is 0 Å². The van der Waals surface area contributed by atoms with Crippen molar-refractivity contribution in [2.45, 2.75) is 130 Å². The van der Waals surface area contributed by atoms with E-state index in [1.165, 1.54) is 37.7 Å². The third-order valence-electron chi connectivity index (χ3n) is 12.6. The number of methoxy groups -OCH3 is 1. The highest BCUT2D eigenvalue weighted by Crippen LogP contribution is 2.70. The Bertz CT molecular complexity index is 960. The first-order chi connectivity index (χ1) is 18.5. The lowest BCUT2D eigenvalue weighted by atomic mass is 9.42. The number of fused-ring (bicyclic) bond motifs is 5. The molecule has 2 N–H and O–H groups in total. The van der Waals surface area contributed by atoms with Crippen molar-refractivity contribution in [3.05, 3.63) is 29.8 Å². The fourth-order valence-electron chi connectivity index (χ4n) is 10.4. The van der Waals surface area contributed by atoms with E-state index in [2.05, 4.69) is 46.8 Å². The summed E-state index contributed by atoms with van der Waals surface area (Å²) in [4.78, 5) is 0. The Kier molecular flexibility index (Phi) is 8.51. The molecule has 0 aromatic heterocycles. The van der Waals surface area contributed by atoms with Crippen molar-refractivity contribution in [3.8, 4) is 5.75 Å². The van der Waals surface area contributed by atoms with E-state index in [9.17, 15) is 10.2 Å². The molecule has 0 saturated heterocycles. The third kappa shape index (κ3) is 5.21. The molecule has 5 rings (SSSR count). The molecule has 10 atom stereocenters. The van der Waals surface area contributed by atoms with E-state index in [-0.39, 0.29) is 28.8 Å². The van der Waals surface area contributed by atoms with Crippen LogP contribution in [0, 0.1) is 46.3 Å². The zero-order valence-electron chi connectivity index (χ0n) is 25.6. The fourth-order valence-corrected chi connectivity index (χ4v) is 10.4. The van der Waals surface area contributed by atoms with E-state index < -0.39 is 11.7 Å². The van der Waals surface area contributed by atoms with Crippen LogP contribution in [0.25, 0.3) is 0 Å². The molecule has 4 saturated carbocycles. The quantitative estimate of drug-likeness (QED) is 0.336. The van der Waals surface area contributed by atoms with E-state index in [1.807, 2.05) is 12.1 Å². The van der Waals surface area contributed by atoms with Gasteiger partial charge in [0.05, 0.1) is 31.5 Å². The second-order valence-electron chi connectivity index (χ2n) is 15.0. The van der Waals surface area contributed by atoms with Crippen molar-refractivity contribution < 1.29 is 19.7 Å².